The predicted molar refractivity (Wildman–Crippen MR) is 76.2 cm³/mol. The van der Waals surface area contributed by atoms with Crippen molar-refractivity contribution in [3.05, 3.63) is 5.82 Å². The number of rotatable bonds is 5. The summed E-state index contributed by atoms with van der Waals surface area (Å²) in [5.41, 5.74) is 5.26. The highest BCUT2D eigenvalue weighted by Crippen LogP contribution is 2.18. The summed E-state index contributed by atoms with van der Waals surface area (Å²) >= 11 is 1.40. The lowest BCUT2D eigenvalue weighted by Crippen LogP contribution is -2.34. The Hall–Kier alpha value is -1.37. The van der Waals surface area contributed by atoms with Gasteiger partial charge in [0, 0.05) is 37.6 Å². The second-order valence-electron chi connectivity index (χ2n) is 5.43. The summed E-state index contributed by atoms with van der Waals surface area (Å²) < 4.78 is 4.33. The maximum absolute atomic E-state index is 11.0. The highest BCUT2D eigenvalue weighted by atomic mass is 32.1. The van der Waals surface area contributed by atoms with E-state index in [-0.39, 0.29) is 6.03 Å². The van der Waals surface area contributed by atoms with Gasteiger partial charge in [0.15, 0.2) is 0 Å². The minimum absolute atomic E-state index is 0.322. The molecule has 2 rings (SSSR count). The van der Waals surface area contributed by atoms with E-state index in [4.69, 9.17) is 5.73 Å². The van der Waals surface area contributed by atoms with Crippen LogP contribution in [0.15, 0.2) is 0 Å². The molecule has 1 aromatic rings. The number of aromatic nitrogens is 2. The molecule has 6 nitrogen and oxygen atoms in total. The first kappa shape index (κ1) is 14.0. The fourth-order valence-electron chi connectivity index (χ4n) is 2.20. The molecular weight excluding hydrogens is 262 g/mol. The first-order chi connectivity index (χ1) is 9.04. The van der Waals surface area contributed by atoms with Crippen molar-refractivity contribution in [2.24, 2.45) is 17.6 Å². The molecule has 106 valence electrons. The summed E-state index contributed by atoms with van der Waals surface area (Å²) in [5, 5.41) is 4.17. The Kier molecular flexibility index (Phi) is 4.57. The van der Waals surface area contributed by atoms with Gasteiger partial charge in [0.1, 0.15) is 5.82 Å². The summed E-state index contributed by atoms with van der Waals surface area (Å²) in [6.45, 7) is 6.63. The van der Waals surface area contributed by atoms with Crippen LogP contribution in [0.1, 0.15) is 26.1 Å². The van der Waals surface area contributed by atoms with Crippen molar-refractivity contribution in [1.82, 2.24) is 14.3 Å². The van der Waals surface area contributed by atoms with Crippen molar-refractivity contribution < 1.29 is 4.79 Å². The number of likely N-dealkylation sites (tertiary alicyclic amines) is 1. The molecule has 19 heavy (non-hydrogen) atoms. The Balaban J connectivity index is 1.77. The van der Waals surface area contributed by atoms with Gasteiger partial charge in [-0.05, 0) is 18.3 Å². The molecule has 0 aliphatic carbocycles. The zero-order valence-electron chi connectivity index (χ0n) is 11.4. The maximum Gasteiger partial charge on any atom is 0.314 e. The number of hydrogen-bond donors (Lipinski definition) is 2. The van der Waals surface area contributed by atoms with Crippen LogP contribution in [0, 0.1) is 11.8 Å². The lowest BCUT2D eigenvalue weighted by atomic mass is 10.1. The third kappa shape index (κ3) is 4.05. The number of amides is 2. The summed E-state index contributed by atoms with van der Waals surface area (Å²) in [6, 6.07) is -0.322. The van der Waals surface area contributed by atoms with Gasteiger partial charge in [-0.2, -0.15) is 4.37 Å². The molecule has 0 spiro atoms. The van der Waals surface area contributed by atoms with Crippen molar-refractivity contribution in [2.75, 3.05) is 25.0 Å². The zero-order chi connectivity index (χ0) is 13.8. The first-order valence-corrected chi connectivity index (χ1v) is 7.42. The van der Waals surface area contributed by atoms with E-state index < -0.39 is 0 Å². The van der Waals surface area contributed by atoms with E-state index >= 15 is 0 Å². The third-order valence-electron chi connectivity index (χ3n) is 3.20. The third-order valence-corrected chi connectivity index (χ3v) is 3.91. The van der Waals surface area contributed by atoms with Crippen molar-refractivity contribution in [3.63, 3.8) is 0 Å². The molecule has 0 radical (unpaired) electrons. The Morgan fingerprint density at radius 3 is 3.05 bits per heavy atom. The quantitative estimate of drug-likeness (QED) is 0.858. The van der Waals surface area contributed by atoms with Gasteiger partial charge in [-0.1, -0.05) is 13.8 Å². The predicted octanol–water partition coefficient (Wildman–Crippen LogP) is 1.55. The van der Waals surface area contributed by atoms with Gasteiger partial charge in [-0.3, -0.25) is 0 Å². The van der Waals surface area contributed by atoms with Gasteiger partial charge >= 0.3 is 6.03 Å². The molecule has 0 aromatic carbocycles. The van der Waals surface area contributed by atoms with Gasteiger partial charge in [0.25, 0.3) is 0 Å². The van der Waals surface area contributed by atoms with E-state index in [1.54, 1.807) is 4.90 Å². The van der Waals surface area contributed by atoms with Gasteiger partial charge in [0.2, 0.25) is 5.13 Å². The molecular formula is C12H21N5OS. The number of hydrogen-bond acceptors (Lipinski definition) is 5. The minimum atomic E-state index is -0.322. The molecule has 1 aliphatic rings. The van der Waals surface area contributed by atoms with E-state index in [9.17, 15) is 4.79 Å². The Labute approximate surface area is 117 Å². The average Bonchev–Trinajstić information content (AvgIpc) is 2.94. The molecule has 0 saturated carbocycles. The Morgan fingerprint density at radius 2 is 2.42 bits per heavy atom. The number of nitrogens with one attached hydrogen (secondary N) is 1. The van der Waals surface area contributed by atoms with Gasteiger partial charge < -0.3 is 16.0 Å². The minimum Gasteiger partial charge on any atom is -0.360 e. The summed E-state index contributed by atoms with van der Waals surface area (Å²) in [7, 11) is 0. The van der Waals surface area contributed by atoms with Crippen molar-refractivity contribution in [2.45, 2.75) is 26.7 Å². The van der Waals surface area contributed by atoms with Crippen LogP contribution in [-0.4, -0.2) is 39.9 Å². The van der Waals surface area contributed by atoms with Crippen molar-refractivity contribution in [3.8, 4) is 0 Å². The number of nitrogens with two attached hydrogens (primary N) is 1. The van der Waals surface area contributed by atoms with Gasteiger partial charge in [0.05, 0.1) is 0 Å². The van der Waals surface area contributed by atoms with Crippen LogP contribution in [0.2, 0.25) is 0 Å². The number of carbonyl (C=O) groups is 1. The molecule has 1 saturated heterocycles. The lowest BCUT2D eigenvalue weighted by Gasteiger charge is -2.13. The monoisotopic (exact) mass is 283 g/mol. The normalized spacial score (nSPS) is 19.1. The molecule has 1 aromatic heterocycles. The van der Waals surface area contributed by atoms with Crippen molar-refractivity contribution >= 4 is 22.7 Å². The van der Waals surface area contributed by atoms with E-state index in [2.05, 4.69) is 28.5 Å². The van der Waals surface area contributed by atoms with Crippen molar-refractivity contribution in [1.29, 1.82) is 0 Å². The topological polar surface area (TPSA) is 84.1 Å². The first-order valence-electron chi connectivity index (χ1n) is 6.65. The van der Waals surface area contributed by atoms with E-state index in [1.807, 2.05) is 0 Å². The largest absolute Gasteiger partial charge is 0.360 e. The maximum atomic E-state index is 11.0. The SMILES string of the molecule is CC(C)Cc1nsc(NC[C@H]2CCN(C(N)=O)C2)n1. The molecule has 3 N–H and O–H groups in total. The number of anilines is 1. The fourth-order valence-corrected chi connectivity index (χ4v) is 2.81. The molecule has 2 heterocycles. The Morgan fingerprint density at radius 1 is 1.63 bits per heavy atom. The lowest BCUT2D eigenvalue weighted by molar-refractivity contribution is 0.217. The standard InChI is InChI=1S/C12H21N5OS/c1-8(2)5-10-15-12(19-16-10)14-6-9-3-4-17(7-9)11(13)18/h8-9H,3-7H2,1-2H3,(H2,13,18)(H,14,15,16)/t9-/m1/s1. The van der Waals surface area contributed by atoms with Gasteiger partial charge in [-0.15, -0.1) is 0 Å². The van der Waals surface area contributed by atoms with Gasteiger partial charge in [-0.25, -0.2) is 9.78 Å². The number of nitrogens with zero attached hydrogens (tertiary/aromatic N) is 3. The van der Waals surface area contributed by atoms with E-state index in [1.165, 1.54) is 11.5 Å². The number of carbonyl (C=O) groups excluding carboxylic acids is 1. The zero-order valence-corrected chi connectivity index (χ0v) is 12.2. The van der Waals surface area contributed by atoms with Crippen LogP contribution in [0.5, 0.6) is 0 Å². The molecule has 7 heteroatoms. The second-order valence-corrected chi connectivity index (χ2v) is 6.19. The Bertz CT molecular complexity index is 434. The number of primary amides is 1. The summed E-state index contributed by atoms with van der Waals surface area (Å²) in [5.74, 6) is 1.93. The molecule has 0 unspecified atom stereocenters. The van der Waals surface area contributed by atoms with Crippen LogP contribution in [0.25, 0.3) is 0 Å². The van der Waals surface area contributed by atoms with Crippen LogP contribution in [0.3, 0.4) is 0 Å². The van der Waals surface area contributed by atoms with Crippen LogP contribution < -0.4 is 11.1 Å². The highest BCUT2D eigenvalue weighted by Gasteiger charge is 2.24. The van der Waals surface area contributed by atoms with Crippen LogP contribution in [0.4, 0.5) is 9.93 Å². The summed E-state index contributed by atoms with van der Waals surface area (Å²) in [4.78, 5) is 17.2. The average molecular weight is 283 g/mol. The van der Waals surface area contributed by atoms with E-state index in [0.29, 0.717) is 11.8 Å². The smallest absolute Gasteiger partial charge is 0.314 e. The molecule has 1 fully saturated rings. The molecule has 0 bridgehead atoms. The molecule has 2 amide bonds. The molecule has 1 aliphatic heterocycles. The second kappa shape index (κ2) is 6.18. The fraction of sp³-hybridized carbons (Fsp3) is 0.750. The van der Waals surface area contributed by atoms with Crippen LogP contribution in [-0.2, 0) is 6.42 Å². The highest BCUT2D eigenvalue weighted by molar-refractivity contribution is 7.09. The van der Waals surface area contributed by atoms with Crippen LogP contribution >= 0.6 is 11.5 Å². The molecule has 1 atom stereocenters. The summed E-state index contributed by atoms with van der Waals surface area (Å²) in [6.07, 6.45) is 1.91. The van der Waals surface area contributed by atoms with E-state index in [0.717, 1.165) is 43.4 Å². The number of urea groups is 1.